The molecule has 0 aliphatic heterocycles. The highest BCUT2D eigenvalue weighted by atomic mass is 16.5. The Hall–Kier alpha value is -1.85. The van der Waals surface area contributed by atoms with E-state index in [2.05, 4.69) is 10.5 Å². The van der Waals surface area contributed by atoms with Crippen molar-refractivity contribution in [3.05, 3.63) is 11.8 Å². The highest BCUT2D eigenvalue weighted by Crippen LogP contribution is 2.29. The number of anilines is 1. The molecule has 0 unspecified atom stereocenters. The number of rotatable bonds is 4. The lowest BCUT2D eigenvalue weighted by molar-refractivity contribution is -0.143. The van der Waals surface area contributed by atoms with Gasteiger partial charge in [0.15, 0.2) is 5.82 Å². The number of hydrogen-bond acceptors (Lipinski definition) is 4. The van der Waals surface area contributed by atoms with E-state index in [0.717, 1.165) is 25.7 Å². The van der Waals surface area contributed by atoms with E-state index in [4.69, 9.17) is 4.52 Å². The first-order chi connectivity index (χ1) is 10.3. The number of amides is 2. The van der Waals surface area contributed by atoms with Crippen LogP contribution in [-0.2, 0) is 9.59 Å². The molecule has 6 heteroatoms. The second-order valence-corrected chi connectivity index (χ2v) is 6.95. The van der Waals surface area contributed by atoms with Crippen LogP contribution < -0.4 is 5.32 Å². The fourth-order valence-corrected chi connectivity index (χ4v) is 2.79. The van der Waals surface area contributed by atoms with E-state index in [1.54, 1.807) is 17.9 Å². The third-order valence-electron chi connectivity index (χ3n) is 3.98. The lowest BCUT2D eigenvalue weighted by atomic mass is 10.00. The molecule has 0 spiro atoms. The normalized spacial score (nSPS) is 15.8. The summed E-state index contributed by atoms with van der Waals surface area (Å²) < 4.78 is 4.92. The average molecular weight is 307 g/mol. The smallest absolute Gasteiger partial charge is 0.245 e. The maximum Gasteiger partial charge on any atom is 0.245 e. The lowest BCUT2D eigenvalue weighted by Gasteiger charge is -2.36. The number of nitrogens with one attached hydrogen (secondary N) is 1. The van der Waals surface area contributed by atoms with Gasteiger partial charge in [0.25, 0.3) is 0 Å². The van der Waals surface area contributed by atoms with E-state index >= 15 is 0 Å². The Balaban J connectivity index is 2.03. The zero-order valence-electron chi connectivity index (χ0n) is 13.8. The molecule has 2 amide bonds. The van der Waals surface area contributed by atoms with Gasteiger partial charge in [-0.15, -0.1) is 0 Å². The monoisotopic (exact) mass is 307 g/mol. The van der Waals surface area contributed by atoms with Gasteiger partial charge in [0.2, 0.25) is 11.8 Å². The highest BCUT2D eigenvalue weighted by molar-refractivity contribution is 5.94. The quantitative estimate of drug-likeness (QED) is 0.928. The molecule has 122 valence electrons. The number of aromatic nitrogens is 1. The molecule has 2 rings (SSSR count). The van der Waals surface area contributed by atoms with E-state index in [1.165, 1.54) is 0 Å². The summed E-state index contributed by atoms with van der Waals surface area (Å²) in [6, 6.07) is 1.65. The molecular weight excluding hydrogens is 282 g/mol. The number of hydrogen-bond donors (Lipinski definition) is 1. The van der Waals surface area contributed by atoms with E-state index in [9.17, 15) is 9.59 Å². The second-order valence-electron chi connectivity index (χ2n) is 6.95. The van der Waals surface area contributed by atoms with E-state index < -0.39 is 5.54 Å². The Bertz CT molecular complexity index is 539. The Labute approximate surface area is 131 Å². The number of carbonyl (C=O) groups is 2. The first kappa shape index (κ1) is 16.5. The minimum atomic E-state index is -0.392. The minimum Gasteiger partial charge on any atom is -0.360 e. The summed E-state index contributed by atoms with van der Waals surface area (Å²) in [5.41, 5.74) is -0.392. The van der Waals surface area contributed by atoms with Gasteiger partial charge in [-0.05, 0) is 40.5 Å². The van der Waals surface area contributed by atoms with Crippen molar-refractivity contribution in [2.75, 3.05) is 11.9 Å². The fraction of sp³-hybridized carbons (Fsp3) is 0.688. The van der Waals surface area contributed by atoms with Gasteiger partial charge in [-0.3, -0.25) is 9.59 Å². The molecule has 0 saturated heterocycles. The van der Waals surface area contributed by atoms with Gasteiger partial charge >= 0.3 is 0 Å². The van der Waals surface area contributed by atoms with Crippen LogP contribution in [0, 0.1) is 12.8 Å². The molecule has 1 fully saturated rings. The number of carbonyl (C=O) groups excluding carboxylic acids is 2. The van der Waals surface area contributed by atoms with Gasteiger partial charge in [-0.2, -0.15) is 0 Å². The molecule has 1 aromatic rings. The molecule has 6 nitrogen and oxygen atoms in total. The third-order valence-corrected chi connectivity index (χ3v) is 3.98. The van der Waals surface area contributed by atoms with Crippen LogP contribution in [0.15, 0.2) is 10.6 Å². The first-order valence-electron chi connectivity index (χ1n) is 7.82. The summed E-state index contributed by atoms with van der Waals surface area (Å²) in [5, 5.41) is 6.41. The summed E-state index contributed by atoms with van der Waals surface area (Å²) in [4.78, 5) is 26.6. The topological polar surface area (TPSA) is 75.4 Å². The molecule has 1 aliphatic rings. The van der Waals surface area contributed by atoms with Gasteiger partial charge < -0.3 is 14.7 Å². The van der Waals surface area contributed by atoms with Gasteiger partial charge in [0.05, 0.1) is 0 Å². The van der Waals surface area contributed by atoms with Crippen LogP contribution in [0.5, 0.6) is 0 Å². The minimum absolute atomic E-state index is 0.0325. The maximum absolute atomic E-state index is 12.7. The van der Waals surface area contributed by atoms with Crippen LogP contribution in [0.3, 0.4) is 0 Å². The summed E-state index contributed by atoms with van der Waals surface area (Å²) in [6.45, 7) is 7.65. The Morgan fingerprint density at radius 1 is 1.36 bits per heavy atom. The molecule has 0 atom stereocenters. The molecule has 22 heavy (non-hydrogen) atoms. The van der Waals surface area contributed by atoms with E-state index in [0.29, 0.717) is 11.6 Å². The average Bonchev–Trinajstić information content (AvgIpc) is 3.05. The Morgan fingerprint density at radius 2 is 2.00 bits per heavy atom. The fourth-order valence-electron chi connectivity index (χ4n) is 2.79. The van der Waals surface area contributed by atoms with Gasteiger partial charge in [0, 0.05) is 17.5 Å². The van der Waals surface area contributed by atoms with Crippen LogP contribution in [0.25, 0.3) is 0 Å². The molecule has 1 saturated carbocycles. The van der Waals surface area contributed by atoms with E-state index in [-0.39, 0.29) is 24.3 Å². The zero-order chi connectivity index (χ0) is 16.3. The molecular formula is C16H25N3O3. The molecule has 1 heterocycles. The second kappa shape index (κ2) is 6.50. The molecule has 0 bridgehead atoms. The van der Waals surface area contributed by atoms with Crippen molar-refractivity contribution in [1.29, 1.82) is 0 Å². The maximum atomic E-state index is 12.7. The standard InChI is InChI=1S/C16H25N3O3/c1-11-9-13(18-22-11)17-14(20)10-19(16(2,3)4)15(21)12-7-5-6-8-12/h9,12H,5-8,10H2,1-4H3,(H,17,18,20). The summed E-state index contributed by atoms with van der Waals surface area (Å²) in [7, 11) is 0. The van der Waals surface area contributed by atoms with Crippen molar-refractivity contribution in [2.45, 2.75) is 58.9 Å². The molecule has 0 aromatic carbocycles. The van der Waals surface area contributed by atoms with Crippen molar-refractivity contribution in [3.63, 3.8) is 0 Å². The van der Waals surface area contributed by atoms with Crippen molar-refractivity contribution >= 4 is 17.6 Å². The molecule has 0 radical (unpaired) electrons. The summed E-state index contributed by atoms with van der Waals surface area (Å²) >= 11 is 0. The first-order valence-corrected chi connectivity index (χ1v) is 7.82. The molecule has 1 N–H and O–H groups in total. The number of aryl methyl sites for hydroxylation is 1. The van der Waals surface area contributed by atoms with Crippen molar-refractivity contribution in [3.8, 4) is 0 Å². The predicted molar refractivity (Wildman–Crippen MR) is 83.3 cm³/mol. The van der Waals surface area contributed by atoms with Crippen molar-refractivity contribution in [2.24, 2.45) is 5.92 Å². The molecule has 1 aliphatic carbocycles. The largest absolute Gasteiger partial charge is 0.360 e. The van der Waals surface area contributed by atoms with Gasteiger partial charge in [-0.1, -0.05) is 18.0 Å². The molecule has 1 aromatic heterocycles. The van der Waals surface area contributed by atoms with Crippen LogP contribution in [0.2, 0.25) is 0 Å². The van der Waals surface area contributed by atoms with E-state index in [1.807, 2.05) is 20.8 Å². The Kier molecular flexibility index (Phi) is 4.88. The third kappa shape index (κ3) is 4.08. The van der Waals surface area contributed by atoms with Crippen LogP contribution >= 0.6 is 0 Å². The van der Waals surface area contributed by atoms with Crippen LogP contribution in [0.1, 0.15) is 52.2 Å². The summed E-state index contributed by atoms with van der Waals surface area (Å²) in [5.74, 6) is 0.891. The lowest BCUT2D eigenvalue weighted by Crippen LogP contribution is -2.51. The van der Waals surface area contributed by atoms with Crippen LogP contribution in [0.4, 0.5) is 5.82 Å². The van der Waals surface area contributed by atoms with Crippen molar-refractivity contribution in [1.82, 2.24) is 10.1 Å². The van der Waals surface area contributed by atoms with Crippen molar-refractivity contribution < 1.29 is 14.1 Å². The SMILES string of the molecule is Cc1cc(NC(=O)CN(C(=O)C2CCCC2)C(C)(C)C)no1. The highest BCUT2D eigenvalue weighted by Gasteiger charge is 2.34. The van der Waals surface area contributed by atoms with Crippen LogP contribution in [-0.4, -0.2) is 34.0 Å². The Morgan fingerprint density at radius 3 is 2.50 bits per heavy atom. The van der Waals surface area contributed by atoms with Gasteiger partial charge in [-0.25, -0.2) is 0 Å². The zero-order valence-corrected chi connectivity index (χ0v) is 13.8. The number of nitrogens with zero attached hydrogens (tertiary/aromatic N) is 2. The van der Waals surface area contributed by atoms with Gasteiger partial charge in [0.1, 0.15) is 12.3 Å². The predicted octanol–water partition coefficient (Wildman–Crippen LogP) is 2.74. The summed E-state index contributed by atoms with van der Waals surface area (Å²) in [6.07, 6.45) is 4.04.